The van der Waals surface area contributed by atoms with E-state index >= 15 is 0 Å². The van der Waals surface area contributed by atoms with E-state index in [2.05, 4.69) is 0 Å². The molecule has 9 heteroatoms. The van der Waals surface area contributed by atoms with Crippen molar-refractivity contribution in [2.45, 2.75) is 63.3 Å². The van der Waals surface area contributed by atoms with Gasteiger partial charge < -0.3 is 33.6 Å². The van der Waals surface area contributed by atoms with Crippen LogP contribution in [0.15, 0.2) is 0 Å². The Morgan fingerprint density at radius 1 is 1.24 bits per heavy atom. The number of hydrogen-bond acceptors (Lipinski definition) is 8. The lowest BCUT2D eigenvalue weighted by Crippen LogP contribution is -2.31. The van der Waals surface area contributed by atoms with Crippen LogP contribution >= 0.6 is 7.82 Å². The number of hydrogen-bond donors (Lipinski definition) is 2. The van der Waals surface area contributed by atoms with Crippen LogP contribution in [-0.2, 0) is 23.1 Å². The van der Waals surface area contributed by atoms with Crippen molar-refractivity contribution in [3.8, 4) is 0 Å². The van der Waals surface area contributed by atoms with E-state index in [0.717, 1.165) is 0 Å². The van der Waals surface area contributed by atoms with Crippen LogP contribution in [0.5, 0.6) is 0 Å². The molecule has 2 fully saturated rings. The van der Waals surface area contributed by atoms with Gasteiger partial charge in [-0.05, 0) is 13.8 Å². The summed E-state index contributed by atoms with van der Waals surface area (Å²) in [5, 5.41) is 18.8. The van der Waals surface area contributed by atoms with Crippen molar-refractivity contribution in [3.63, 3.8) is 0 Å². The molecule has 0 aromatic rings. The second-order valence-electron chi connectivity index (χ2n) is 5.58. The van der Waals surface area contributed by atoms with Crippen molar-refractivity contribution in [2.75, 3.05) is 13.2 Å². The molecule has 2 N–H and O–H groups in total. The summed E-state index contributed by atoms with van der Waals surface area (Å²) in [7, 11) is -4.55. The summed E-state index contributed by atoms with van der Waals surface area (Å²) in [5.41, 5.74) is 0. The lowest BCUT2D eigenvalue weighted by Gasteiger charge is -2.29. The topological polar surface area (TPSA) is 118 Å². The van der Waals surface area contributed by atoms with Gasteiger partial charge in [0.1, 0.15) is 12.2 Å². The first-order valence-corrected chi connectivity index (χ1v) is 8.50. The standard InChI is InChI=1S/C12H23O8P/c1-7-3-9(14)12(19-7)6-17-21(15,16)20-10-4-8(2)18-11(10)5-13/h7-14H,3-6H2,1-2H3,(H,15,16)/p-1. The minimum atomic E-state index is -4.55. The highest BCUT2D eigenvalue weighted by Crippen LogP contribution is 2.44. The Kier molecular flexibility index (Phi) is 5.78. The summed E-state index contributed by atoms with van der Waals surface area (Å²) >= 11 is 0. The molecule has 0 aromatic heterocycles. The van der Waals surface area contributed by atoms with Gasteiger partial charge in [-0.1, -0.05) is 0 Å². The molecule has 0 amide bonds. The normalized spacial score (nSPS) is 43.1. The number of phosphoric acid groups is 1. The van der Waals surface area contributed by atoms with Crippen LogP contribution in [0.4, 0.5) is 0 Å². The Bertz CT molecular complexity index is 391. The van der Waals surface area contributed by atoms with Crippen LogP contribution in [-0.4, -0.2) is 60.1 Å². The third-order valence-electron chi connectivity index (χ3n) is 3.64. The Balaban J connectivity index is 1.83. The van der Waals surface area contributed by atoms with Crippen LogP contribution in [0.3, 0.4) is 0 Å². The van der Waals surface area contributed by atoms with Crippen LogP contribution in [0.2, 0.25) is 0 Å². The Morgan fingerprint density at radius 3 is 2.43 bits per heavy atom. The van der Waals surface area contributed by atoms with Crippen LogP contribution in [0, 0.1) is 0 Å². The number of ether oxygens (including phenoxy) is 2. The third kappa shape index (κ3) is 4.71. The molecule has 7 unspecified atom stereocenters. The molecule has 2 saturated heterocycles. The van der Waals surface area contributed by atoms with E-state index < -0.39 is 32.2 Å². The molecule has 0 aromatic carbocycles. The molecule has 8 nitrogen and oxygen atoms in total. The van der Waals surface area contributed by atoms with Crippen LogP contribution in [0.25, 0.3) is 0 Å². The quantitative estimate of drug-likeness (QED) is 0.631. The highest BCUT2D eigenvalue weighted by molar-refractivity contribution is 7.45. The fourth-order valence-electron chi connectivity index (χ4n) is 2.64. The number of aliphatic hydroxyl groups is 2. The Morgan fingerprint density at radius 2 is 1.86 bits per heavy atom. The van der Waals surface area contributed by atoms with E-state index in [1.54, 1.807) is 13.8 Å². The summed E-state index contributed by atoms with van der Waals surface area (Å²) in [6.45, 7) is 2.95. The van der Waals surface area contributed by atoms with Gasteiger partial charge in [-0.2, -0.15) is 0 Å². The van der Waals surface area contributed by atoms with E-state index in [1.165, 1.54) is 0 Å². The van der Waals surface area contributed by atoms with Crippen molar-refractivity contribution in [3.05, 3.63) is 0 Å². The van der Waals surface area contributed by atoms with Crippen molar-refractivity contribution in [1.82, 2.24) is 0 Å². The first kappa shape index (κ1) is 17.3. The van der Waals surface area contributed by atoms with Crippen molar-refractivity contribution >= 4 is 7.82 Å². The molecule has 0 aliphatic carbocycles. The number of rotatable bonds is 6. The molecule has 2 aliphatic heterocycles. The lowest BCUT2D eigenvalue weighted by molar-refractivity contribution is -0.234. The third-order valence-corrected chi connectivity index (χ3v) is 4.63. The number of aliphatic hydroxyl groups excluding tert-OH is 2. The van der Waals surface area contributed by atoms with Crippen LogP contribution in [0.1, 0.15) is 26.7 Å². The minimum Gasteiger partial charge on any atom is -0.756 e. The fourth-order valence-corrected chi connectivity index (χ4v) is 3.58. The smallest absolute Gasteiger partial charge is 0.268 e. The largest absolute Gasteiger partial charge is 0.756 e. The van der Waals surface area contributed by atoms with Crippen molar-refractivity contribution in [1.29, 1.82) is 0 Å². The highest BCUT2D eigenvalue weighted by Gasteiger charge is 2.37. The van der Waals surface area contributed by atoms with Crippen molar-refractivity contribution in [2.24, 2.45) is 0 Å². The maximum atomic E-state index is 11.8. The molecule has 124 valence electrons. The van der Waals surface area contributed by atoms with Gasteiger partial charge in [0.2, 0.25) is 0 Å². The molecule has 7 atom stereocenters. The van der Waals surface area contributed by atoms with Gasteiger partial charge in [0.25, 0.3) is 7.82 Å². The molecule has 2 heterocycles. The van der Waals surface area contributed by atoms with E-state index in [4.69, 9.17) is 23.6 Å². The van der Waals surface area contributed by atoms with E-state index in [0.29, 0.717) is 12.8 Å². The second kappa shape index (κ2) is 7.02. The SMILES string of the molecule is CC1CC(O)C(COP(=O)([O-])OC2CC(C)OC2CO)O1. The summed E-state index contributed by atoms with van der Waals surface area (Å²) in [6.07, 6.45) is -2.39. The zero-order valence-corrected chi connectivity index (χ0v) is 13.0. The van der Waals surface area contributed by atoms with Crippen LogP contribution < -0.4 is 4.89 Å². The highest BCUT2D eigenvalue weighted by atomic mass is 31.2. The first-order valence-electron chi connectivity index (χ1n) is 7.04. The average molecular weight is 325 g/mol. The molecule has 0 saturated carbocycles. The first-order chi connectivity index (χ1) is 9.80. The predicted molar refractivity (Wildman–Crippen MR) is 69.4 cm³/mol. The molecule has 21 heavy (non-hydrogen) atoms. The lowest BCUT2D eigenvalue weighted by atomic mass is 10.1. The van der Waals surface area contributed by atoms with Crippen molar-refractivity contribution < 1.29 is 38.2 Å². The van der Waals surface area contributed by atoms with Gasteiger partial charge in [0.05, 0.1) is 37.6 Å². The average Bonchev–Trinajstić information content (AvgIpc) is 2.88. The zero-order chi connectivity index (χ0) is 15.6. The molecular formula is C12H22O8P-. The fraction of sp³-hybridized carbons (Fsp3) is 1.00. The summed E-state index contributed by atoms with van der Waals surface area (Å²) < 4.78 is 32.2. The summed E-state index contributed by atoms with van der Waals surface area (Å²) in [5.74, 6) is 0. The van der Waals surface area contributed by atoms with E-state index in [-0.39, 0.29) is 25.4 Å². The van der Waals surface area contributed by atoms with Gasteiger partial charge >= 0.3 is 0 Å². The monoisotopic (exact) mass is 325 g/mol. The van der Waals surface area contributed by atoms with E-state index in [1.807, 2.05) is 0 Å². The minimum absolute atomic E-state index is 0.136. The maximum absolute atomic E-state index is 11.8. The molecule has 2 rings (SSSR count). The van der Waals surface area contributed by atoms with Gasteiger partial charge in [-0.25, -0.2) is 0 Å². The molecular weight excluding hydrogens is 303 g/mol. The van der Waals surface area contributed by atoms with Gasteiger partial charge in [-0.3, -0.25) is 4.57 Å². The summed E-state index contributed by atoms with van der Waals surface area (Å²) in [4.78, 5) is 11.8. The maximum Gasteiger partial charge on any atom is 0.268 e. The second-order valence-corrected chi connectivity index (χ2v) is 6.94. The molecule has 0 spiro atoms. The molecule has 2 aliphatic rings. The van der Waals surface area contributed by atoms with E-state index in [9.17, 15) is 14.6 Å². The Hall–Kier alpha value is -0.0500. The zero-order valence-electron chi connectivity index (χ0n) is 12.1. The number of phosphoric ester groups is 1. The predicted octanol–water partition coefficient (Wildman–Crippen LogP) is -0.435. The summed E-state index contributed by atoms with van der Waals surface area (Å²) in [6, 6.07) is 0. The van der Waals surface area contributed by atoms with Gasteiger partial charge in [0, 0.05) is 12.8 Å². The van der Waals surface area contributed by atoms with Gasteiger partial charge in [-0.15, -0.1) is 0 Å². The Labute approximate surface area is 123 Å². The van der Waals surface area contributed by atoms with Gasteiger partial charge in [0.15, 0.2) is 0 Å². The molecule has 0 radical (unpaired) electrons. The molecule has 0 bridgehead atoms.